The van der Waals surface area contributed by atoms with Crippen LogP contribution in [0.25, 0.3) is 0 Å². The van der Waals surface area contributed by atoms with Crippen LogP contribution in [0, 0.1) is 0 Å². The molecule has 0 unspecified atom stereocenters. The molecule has 3 rings (SSSR count). The number of benzene rings is 1. The lowest BCUT2D eigenvalue weighted by Crippen LogP contribution is -2.51. The largest absolute Gasteiger partial charge is 0.339 e. The molecule has 2 aliphatic rings. The standard InChI is InChI=1S/C18H24BrN3O2/c19-16-5-3-4-15(14-16)18(24)22-12-10-21(11-13-22)17(23)6-9-20-7-1-2-8-20/h3-5,14H,1-2,6-13H2. The van der Waals surface area contributed by atoms with Gasteiger partial charge in [-0.15, -0.1) is 0 Å². The van der Waals surface area contributed by atoms with Crippen LogP contribution in [-0.4, -0.2) is 72.3 Å². The first-order valence-electron chi connectivity index (χ1n) is 8.68. The lowest BCUT2D eigenvalue weighted by atomic mass is 10.2. The molecule has 0 radical (unpaired) electrons. The van der Waals surface area contributed by atoms with Crippen molar-refractivity contribution in [1.82, 2.24) is 14.7 Å². The molecule has 1 aromatic carbocycles. The molecule has 0 spiro atoms. The van der Waals surface area contributed by atoms with Crippen LogP contribution in [-0.2, 0) is 4.79 Å². The molecule has 0 aliphatic carbocycles. The minimum atomic E-state index is 0.0421. The highest BCUT2D eigenvalue weighted by Gasteiger charge is 2.25. The van der Waals surface area contributed by atoms with Crippen LogP contribution in [0.2, 0.25) is 0 Å². The molecule has 2 saturated heterocycles. The summed E-state index contributed by atoms with van der Waals surface area (Å²) < 4.78 is 0.907. The molecule has 1 aromatic rings. The van der Waals surface area contributed by atoms with Crippen molar-refractivity contribution in [1.29, 1.82) is 0 Å². The molecule has 0 atom stereocenters. The fourth-order valence-corrected chi connectivity index (χ4v) is 3.78. The Balaban J connectivity index is 1.46. The zero-order valence-corrected chi connectivity index (χ0v) is 15.5. The topological polar surface area (TPSA) is 43.9 Å². The van der Waals surface area contributed by atoms with Crippen molar-refractivity contribution < 1.29 is 9.59 Å². The first-order valence-corrected chi connectivity index (χ1v) is 9.48. The smallest absolute Gasteiger partial charge is 0.254 e. The molecule has 24 heavy (non-hydrogen) atoms. The third-order valence-electron chi connectivity index (χ3n) is 4.83. The quantitative estimate of drug-likeness (QED) is 0.787. The molecule has 2 amide bonds. The average Bonchev–Trinajstić information content (AvgIpc) is 3.13. The highest BCUT2D eigenvalue weighted by molar-refractivity contribution is 9.10. The maximum absolute atomic E-state index is 12.5. The van der Waals surface area contributed by atoms with Crippen LogP contribution in [0.3, 0.4) is 0 Å². The zero-order chi connectivity index (χ0) is 16.9. The van der Waals surface area contributed by atoms with Crippen LogP contribution in [0.15, 0.2) is 28.7 Å². The first kappa shape index (κ1) is 17.4. The Labute approximate surface area is 151 Å². The molecular weight excluding hydrogens is 370 g/mol. The Hall–Kier alpha value is -1.40. The van der Waals surface area contributed by atoms with E-state index in [9.17, 15) is 9.59 Å². The van der Waals surface area contributed by atoms with Gasteiger partial charge in [-0.25, -0.2) is 0 Å². The molecule has 0 N–H and O–H groups in total. The van der Waals surface area contributed by atoms with Crippen molar-refractivity contribution in [3.63, 3.8) is 0 Å². The Morgan fingerprint density at radius 2 is 1.62 bits per heavy atom. The lowest BCUT2D eigenvalue weighted by Gasteiger charge is -2.35. The highest BCUT2D eigenvalue weighted by Crippen LogP contribution is 2.15. The molecule has 5 nitrogen and oxygen atoms in total. The highest BCUT2D eigenvalue weighted by atomic mass is 79.9. The van der Waals surface area contributed by atoms with Crippen LogP contribution in [0.4, 0.5) is 0 Å². The second-order valence-corrected chi connectivity index (χ2v) is 7.40. The second-order valence-electron chi connectivity index (χ2n) is 6.48. The Bertz CT molecular complexity index is 594. The molecule has 6 heteroatoms. The van der Waals surface area contributed by atoms with E-state index in [0.29, 0.717) is 38.2 Å². The van der Waals surface area contributed by atoms with Gasteiger partial charge in [-0.2, -0.15) is 0 Å². The van der Waals surface area contributed by atoms with E-state index in [-0.39, 0.29) is 11.8 Å². The Kier molecular flexibility index (Phi) is 5.89. The van der Waals surface area contributed by atoms with Gasteiger partial charge in [0.05, 0.1) is 0 Å². The number of carbonyl (C=O) groups is 2. The summed E-state index contributed by atoms with van der Waals surface area (Å²) in [6.45, 7) is 5.62. The molecule has 0 bridgehead atoms. The van der Waals surface area contributed by atoms with Crippen LogP contribution in [0.1, 0.15) is 29.6 Å². The minimum Gasteiger partial charge on any atom is -0.339 e. The van der Waals surface area contributed by atoms with Crippen LogP contribution < -0.4 is 0 Å². The van der Waals surface area contributed by atoms with Gasteiger partial charge in [0, 0.05) is 49.2 Å². The molecule has 2 aliphatic heterocycles. The third-order valence-corrected chi connectivity index (χ3v) is 5.32. The van der Waals surface area contributed by atoms with Gasteiger partial charge in [-0.1, -0.05) is 22.0 Å². The summed E-state index contributed by atoms with van der Waals surface area (Å²) in [5.74, 6) is 0.261. The molecular formula is C18H24BrN3O2. The molecule has 0 aromatic heterocycles. The Morgan fingerprint density at radius 3 is 2.29 bits per heavy atom. The lowest BCUT2D eigenvalue weighted by molar-refractivity contribution is -0.133. The van der Waals surface area contributed by atoms with E-state index in [2.05, 4.69) is 20.8 Å². The number of carbonyl (C=O) groups excluding carboxylic acids is 2. The van der Waals surface area contributed by atoms with E-state index in [1.54, 1.807) is 0 Å². The van der Waals surface area contributed by atoms with Gasteiger partial charge in [0.2, 0.25) is 5.91 Å². The summed E-state index contributed by atoms with van der Waals surface area (Å²) in [6.07, 6.45) is 3.11. The van der Waals surface area contributed by atoms with Crippen molar-refractivity contribution in [2.45, 2.75) is 19.3 Å². The van der Waals surface area contributed by atoms with Gasteiger partial charge in [0.15, 0.2) is 0 Å². The predicted octanol–water partition coefficient (Wildman–Crippen LogP) is 2.22. The summed E-state index contributed by atoms with van der Waals surface area (Å²) in [4.78, 5) is 31.0. The van der Waals surface area contributed by atoms with Crippen molar-refractivity contribution in [3.05, 3.63) is 34.3 Å². The summed E-state index contributed by atoms with van der Waals surface area (Å²) in [5, 5.41) is 0. The normalized spacial score (nSPS) is 18.9. The van der Waals surface area contributed by atoms with Crippen molar-refractivity contribution in [3.8, 4) is 0 Å². The number of nitrogens with zero attached hydrogens (tertiary/aromatic N) is 3. The van der Waals surface area contributed by atoms with Gasteiger partial charge < -0.3 is 14.7 Å². The number of piperazine rings is 1. The Morgan fingerprint density at radius 1 is 0.958 bits per heavy atom. The number of likely N-dealkylation sites (tertiary alicyclic amines) is 1. The van der Waals surface area contributed by atoms with Gasteiger partial charge in [-0.05, 0) is 44.1 Å². The van der Waals surface area contributed by atoms with Crippen molar-refractivity contribution in [2.24, 2.45) is 0 Å². The number of halogens is 1. The summed E-state index contributed by atoms with van der Waals surface area (Å²) in [6, 6.07) is 7.46. The average molecular weight is 394 g/mol. The number of rotatable bonds is 4. The molecule has 130 valence electrons. The maximum atomic E-state index is 12.5. The third kappa shape index (κ3) is 4.36. The van der Waals surface area contributed by atoms with Crippen LogP contribution >= 0.6 is 15.9 Å². The minimum absolute atomic E-state index is 0.0421. The number of hydrogen-bond acceptors (Lipinski definition) is 3. The van der Waals surface area contributed by atoms with E-state index in [1.807, 2.05) is 34.1 Å². The summed E-state index contributed by atoms with van der Waals surface area (Å²) >= 11 is 3.40. The van der Waals surface area contributed by atoms with Gasteiger partial charge in [-0.3, -0.25) is 9.59 Å². The fourth-order valence-electron chi connectivity index (χ4n) is 3.38. The molecule has 2 fully saturated rings. The van der Waals surface area contributed by atoms with E-state index in [1.165, 1.54) is 12.8 Å². The van der Waals surface area contributed by atoms with E-state index < -0.39 is 0 Å². The summed E-state index contributed by atoms with van der Waals surface area (Å²) in [7, 11) is 0. The fraction of sp³-hybridized carbons (Fsp3) is 0.556. The van der Waals surface area contributed by atoms with E-state index in [0.717, 1.165) is 24.1 Å². The van der Waals surface area contributed by atoms with E-state index >= 15 is 0 Å². The zero-order valence-electron chi connectivity index (χ0n) is 13.9. The monoisotopic (exact) mass is 393 g/mol. The van der Waals surface area contributed by atoms with Crippen molar-refractivity contribution >= 4 is 27.7 Å². The number of amides is 2. The predicted molar refractivity (Wildman–Crippen MR) is 96.9 cm³/mol. The van der Waals surface area contributed by atoms with Gasteiger partial charge >= 0.3 is 0 Å². The molecule has 0 saturated carbocycles. The summed E-state index contributed by atoms with van der Waals surface area (Å²) in [5.41, 5.74) is 0.693. The SMILES string of the molecule is O=C(CCN1CCCC1)N1CCN(C(=O)c2cccc(Br)c2)CC1. The second kappa shape index (κ2) is 8.12. The first-order chi connectivity index (χ1) is 11.6. The van der Waals surface area contributed by atoms with E-state index in [4.69, 9.17) is 0 Å². The van der Waals surface area contributed by atoms with Crippen molar-refractivity contribution in [2.75, 3.05) is 45.8 Å². The maximum Gasteiger partial charge on any atom is 0.254 e. The van der Waals surface area contributed by atoms with Gasteiger partial charge in [0.25, 0.3) is 5.91 Å². The number of hydrogen-bond donors (Lipinski definition) is 0. The van der Waals surface area contributed by atoms with Gasteiger partial charge in [0.1, 0.15) is 0 Å². The van der Waals surface area contributed by atoms with Crippen LogP contribution in [0.5, 0.6) is 0 Å². The molecule has 2 heterocycles.